The van der Waals surface area contributed by atoms with Crippen LogP contribution in [0.4, 0.5) is 0 Å². The third-order valence-corrected chi connectivity index (χ3v) is 8.75. The monoisotopic (exact) mass is 286 g/mol. The Kier molecular flexibility index (Phi) is 8.24. The minimum atomic E-state index is -1.55. The van der Waals surface area contributed by atoms with E-state index in [1.807, 2.05) is 0 Å². The van der Waals surface area contributed by atoms with E-state index in [0.29, 0.717) is 5.04 Å². The predicted molar refractivity (Wildman–Crippen MR) is 88.8 cm³/mol. The number of thioether (sulfide) groups is 1. The van der Waals surface area contributed by atoms with Gasteiger partial charge in [0.25, 0.3) is 0 Å². The van der Waals surface area contributed by atoms with Gasteiger partial charge in [0.1, 0.15) is 0 Å². The van der Waals surface area contributed by atoms with Crippen molar-refractivity contribution >= 4 is 20.1 Å². The lowest BCUT2D eigenvalue weighted by atomic mass is 10.2. The van der Waals surface area contributed by atoms with Gasteiger partial charge in [-0.15, -0.1) is 11.8 Å². The highest BCUT2D eigenvalue weighted by Gasteiger charge is 2.36. The predicted octanol–water partition coefficient (Wildman–Crippen LogP) is 5.61. The van der Waals surface area contributed by atoms with Crippen molar-refractivity contribution < 1.29 is 4.43 Å². The quantitative estimate of drug-likeness (QED) is 0.326. The van der Waals surface area contributed by atoms with Gasteiger partial charge in [0.05, 0.1) is 0 Å². The lowest BCUT2D eigenvalue weighted by molar-refractivity contribution is 0.283. The van der Waals surface area contributed by atoms with Crippen LogP contribution < -0.4 is 0 Å². The van der Waals surface area contributed by atoms with Gasteiger partial charge in [-0.05, 0) is 41.6 Å². The van der Waals surface area contributed by atoms with Gasteiger partial charge in [0.2, 0.25) is 0 Å². The minimum Gasteiger partial charge on any atom is -0.417 e. The smallest absolute Gasteiger partial charge is 0.191 e. The van der Waals surface area contributed by atoms with Gasteiger partial charge in [-0.25, -0.2) is 0 Å². The summed E-state index contributed by atoms with van der Waals surface area (Å²) in [5.74, 6) is 1.09. The summed E-state index contributed by atoms with van der Waals surface area (Å²) in [5.41, 5.74) is 0. The molecule has 0 saturated heterocycles. The van der Waals surface area contributed by atoms with E-state index in [1.165, 1.54) is 0 Å². The van der Waals surface area contributed by atoms with E-state index in [9.17, 15) is 0 Å². The van der Waals surface area contributed by atoms with E-state index in [2.05, 4.69) is 59.5 Å². The summed E-state index contributed by atoms with van der Waals surface area (Å²) in [6, 6.07) is 0. The van der Waals surface area contributed by atoms with Crippen molar-refractivity contribution in [3.8, 4) is 0 Å². The van der Waals surface area contributed by atoms with Gasteiger partial charge < -0.3 is 4.43 Å². The Morgan fingerprint density at radius 3 is 2.44 bits per heavy atom. The van der Waals surface area contributed by atoms with E-state index in [0.717, 1.165) is 30.1 Å². The van der Waals surface area contributed by atoms with Crippen LogP contribution in [-0.4, -0.2) is 20.7 Å². The molecule has 0 fully saturated rings. The minimum absolute atomic E-state index is 0.314. The Bertz CT molecular complexity index is 277. The molecule has 0 radical (unpaired) electrons. The summed E-state index contributed by atoms with van der Waals surface area (Å²) in [6.07, 6.45) is 6.52. The van der Waals surface area contributed by atoms with Crippen LogP contribution >= 0.6 is 11.8 Å². The maximum absolute atomic E-state index is 6.13. The Balaban J connectivity index is 3.78. The van der Waals surface area contributed by atoms with Crippen molar-refractivity contribution in [3.63, 3.8) is 0 Å². The Morgan fingerprint density at radius 1 is 1.33 bits per heavy atom. The molecule has 1 nitrogen and oxygen atoms in total. The molecule has 0 amide bonds. The highest BCUT2D eigenvalue weighted by Crippen LogP contribution is 2.36. The number of rotatable bonds is 8. The lowest BCUT2D eigenvalue weighted by Crippen LogP contribution is -2.40. The molecular weight excluding hydrogens is 256 g/mol. The van der Waals surface area contributed by atoms with Crippen LogP contribution in [-0.2, 0) is 4.43 Å². The molecule has 0 bridgehead atoms. The number of hydrogen-bond donors (Lipinski definition) is 0. The topological polar surface area (TPSA) is 9.23 Å². The zero-order chi connectivity index (χ0) is 14.2. The molecule has 0 spiro atoms. The molecule has 18 heavy (non-hydrogen) atoms. The number of allylic oxidation sites excluding steroid dienone is 2. The fraction of sp³-hybridized carbons (Fsp3) is 0.733. The zero-order valence-corrected chi connectivity index (χ0v) is 14.8. The van der Waals surface area contributed by atoms with E-state index in [-0.39, 0.29) is 0 Å². The van der Waals surface area contributed by atoms with E-state index < -0.39 is 8.32 Å². The van der Waals surface area contributed by atoms with Crippen LogP contribution in [0, 0.1) is 0 Å². The lowest BCUT2D eigenvalue weighted by Gasteiger charge is -2.36. The summed E-state index contributed by atoms with van der Waals surface area (Å²) in [6.45, 7) is 18.5. The molecule has 0 aromatic heterocycles. The highest BCUT2D eigenvalue weighted by molar-refractivity contribution is 8.03. The number of hydrogen-bond acceptors (Lipinski definition) is 2. The van der Waals surface area contributed by atoms with Crippen LogP contribution in [0.2, 0.25) is 18.1 Å². The van der Waals surface area contributed by atoms with Crippen molar-refractivity contribution in [3.05, 3.63) is 23.6 Å². The molecule has 0 rings (SSSR count). The maximum Gasteiger partial charge on any atom is 0.191 e. The third-order valence-electron chi connectivity index (χ3n) is 3.42. The van der Waals surface area contributed by atoms with Crippen LogP contribution in [0.25, 0.3) is 0 Å². The van der Waals surface area contributed by atoms with E-state index in [1.54, 1.807) is 11.8 Å². The molecule has 0 unspecified atom stereocenters. The molecule has 0 heterocycles. The second-order valence-corrected chi connectivity index (χ2v) is 12.3. The largest absolute Gasteiger partial charge is 0.417 e. The molecular formula is C15H30OSSi. The van der Waals surface area contributed by atoms with Crippen molar-refractivity contribution in [2.75, 3.05) is 12.4 Å². The van der Waals surface area contributed by atoms with Crippen molar-refractivity contribution in [1.29, 1.82) is 0 Å². The van der Waals surface area contributed by atoms with Gasteiger partial charge in [-0.1, -0.05) is 46.4 Å². The maximum atomic E-state index is 6.13. The average molecular weight is 287 g/mol. The molecule has 0 N–H and O–H groups in total. The van der Waals surface area contributed by atoms with Crippen LogP contribution in [0.1, 0.15) is 40.5 Å². The molecule has 0 atom stereocenters. The number of unbranched alkanes of at least 4 members (excludes halogenated alkanes) is 1. The van der Waals surface area contributed by atoms with Crippen molar-refractivity contribution in [1.82, 2.24) is 0 Å². The van der Waals surface area contributed by atoms with Crippen LogP contribution in [0.15, 0.2) is 23.6 Å². The molecule has 0 aliphatic carbocycles. The molecule has 0 aliphatic rings. The highest BCUT2D eigenvalue weighted by atomic mass is 32.2. The summed E-state index contributed by atoms with van der Waals surface area (Å²) < 4.78 is 6.13. The van der Waals surface area contributed by atoms with Gasteiger partial charge >= 0.3 is 0 Å². The third kappa shape index (κ3) is 7.44. The summed E-state index contributed by atoms with van der Waals surface area (Å²) in [4.78, 5) is 1.16. The Morgan fingerprint density at radius 2 is 1.94 bits per heavy atom. The second-order valence-electron chi connectivity index (χ2n) is 6.05. The van der Waals surface area contributed by atoms with Gasteiger partial charge in [0.15, 0.2) is 8.32 Å². The zero-order valence-electron chi connectivity index (χ0n) is 13.0. The SMILES string of the molecule is C=C(/C=C\CCCO[Si](C)(C)C(C)(C)C)SCC. The van der Waals surface area contributed by atoms with Crippen molar-refractivity contribution in [2.24, 2.45) is 0 Å². The Labute approximate surface area is 119 Å². The summed E-state index contributed by atoms with van der Waals surface area (Å²) in [7, 11) is -1.55. The molecule has 0 aliphatic heterocycles. The van der Waals surface area contributed by atoms with Crippen LogP contribution in [0.3, 0.4) is 0 Å². The normalized spacial score (nSPS) is 13.2. The van der Waals surface area contributed by atoms with Crippen molar-refractivity contribution in [2.45, 2.75) is 58.7 Å². The molecule has 106 valence electrons. The van der Waals surface area contributed by atoms with E-state index >= 15 is 0 Å². The van der Waals surface area contributed by atoms with Gasteiger partial charge in [-0.2, -0.15) is 0 Å². The summed E-state index contributed by atoms with van der Waals surface area (Å²) >= 11 is 1.80. The standard InChI is InChI=1S/C15H30OSSi/c1-8-17-14(2)12-10-9-11-13-16-18(6,7)15(3,4)5/h10,12H,2,8-9,11,13H2,1,3-7H3/b12-10-. The second kappa shape index (κ2) is 8.23. The van der Waals surface area contributed by atoms with E-state index in [4.69, 9.17) is 4.43 Å². The first kappa shape index (κ1) is 18.0. The van der Waals surface area contributed by atoms with Gasteiger partial charge in [-0.3, -0.25) is 0 Å². The molecule has 0 saturated carbocycles. The first-order valence-electron chi connectivity index (χ1n) is 6.83. The van der Waals surface area contributed by atoms with Gasteiger partial charge in [0, 0.05) is 6.61 Å². The first-order chi connectivity index (χ1) is 8.20. The fourth-order valence-corrected chi connectivity index (χ4v) is 2.84. The first-order valence-corrected chi connectivity index (χ1v) is 10.7. The average Bonchev–Trinajstić information content (AvgIpc) is 2.21. The van der Waals surface area contributed by atoms with Crippen LogP contribution in [0.5, 0.6) is 0 Å². The Hall–Kier alpha value is 0.00688. The summed E-state index contributed by atoms with van der Waals surface area (Å²) in [5, 5.41) is 0.314. The molecule has 0 aromatic carbocycles. The molecule has 3 heteroatoms. The molecule has 0 aromatic rings. The fourth-order valence-electron chi connectivity index (χ4n) is 1.19.